The molecule has 0 amide bonds. The molecule has 1 aliphatic rings. The third kappa shape index (κ3) is 1.44. The standard InChI is InChI=1S/C12H12BrNO/c1-8-9(13)3-4-10(15)11(8)12(7-14)5-2-6-12/h3-4,15H,2,5-6H2,1H3. The molecule has 3 heteroatoms. The summed E-state index contributed by atoms with van der Waals surface area (Å²) in [6.45, 7) is 1.94. The Morgan fingerprint density at radius 1 is 1.47 bits per heavy atom. The second kappa shape index (κ2) is 3.53. The first-order valence-corrected chi connectivity index (χ1v) is 5.80. The average molecular weight is 266 g/mol. The van der Waals surface area contributed by atoms with Gasteiger partial charge in [-0.25, -0.2) is 0 Å². The number of benzene rings is 1. The molecule has 1 N–H and O–H groups in total. The van der Waals surface area contributed by atoms with Gasteiger partial charge in [0.15, 0.2) is 0 Å². The maximum absolute atomic E-state index is 9.88. The summed E-state index contributed by atoms with van der Waals surface area (Å²) in [7, 11) is 0. The van der Waals surface area contributed by atoms with Crippen LogP contribution in [0.4, 0.5) is 0 Å². The van der Waals surface area contributed by atoms with E-state index in [0.29, 0.717) is 0 Å². The van der Waals surface area contributed by atoms with Crippen LogP contribution in [0.15, 0.2) is 16.6 Å². The Morgan fingerprint density at radius 3 is 2.60 bits per heavy atom. The van der Waals surface area contributed by atoms with Crippen molar-refractivity contribution in [3.63, 3.8) is 0 Å². The highest BCUT2D eigenvalue weighted by Gasteiger charge is 2.42. The largest absolute Gasteiger partial charge is 0.508 e. The highest BCUT2D eigenvalue weighted by atomic mass is 79.9. The number of hydrogen-bond donors (Lipinski definition) is 1. The van der Waals surface area contributed by atoms with Gasteiger partial charge in [0.2, 0.25) is 0 Å². The van der Waals surface area contributed by atoms with E-state index in [2.05, 4.69) is 22.0 Å². The minimum atomic E-state index is -0.446. The molecule has 0 saturated heterocycles. The second-order valence-electron chi connectivity index (χ2n) is 4.11. The van der Waals surface area contributed by atoms with Crippen molar-refractivity contribution in [3.8, 4) is 11.8 Å². The van der Waals surface area contributed by atoms with Crippen LogP contribution in [0, 0.1) is 18.3 Å². The van der Waals surface area contributed by atoms with Crippen LogP contribution in [0.25, 0.3) is 0 Å². The summed E-state index contributed by atoms with van der Waals surface area (Å²) in [6.07, 6.45) is 2.78. The molecule has 0 heterocycles. The van der Waals surface area contributed by atoms with Gasteiger partial charge >= 0.3 is 0 Å². The van der Waals surface area contributed by atoms with Gasteiger partial charge in [0, 0.05) is 10.0 Å². The number of rotatable bonds is 1. The van der Waals surface area contributed by atoms with E-state index in [0.717, 1.165) is 34.9 Å². The first-order valence-electron chi connectivity index (χ1n) is 5.00. The van der Waals surface area contributed by atoms with E-state index in [4.69, 9.17) is 0 Å². The smallest absolute Gasteiger partial charge is 0.120 e. The van der Waals surface area contributed by atoms with Crippen LogP contribution in [0.1, 0.15) is 30.4 Å². The van der Waals surface area contributed by atoms with Crippen LogP contribution in [0.3, 0.4) is 0 Å². The van der Waals surface area contributed by atoms with Crippen LogP contribution < -0.4 is 0 Å². The predicted molar refractivity (Wildman–Crippen MR) is 61.7 cm³/mol. The van der Waals surface area contributed by atoms with Crippen molar-refractivity contribution in [1.29, 1.82) is 5.26 Å². The van der Waals surface area contributed by atoms with Crippen LogP contribution in [0.5, 0.6) is 5.75 Å². The summed E-state index contributed by atoms with van der Waals surface area (Å²) in [6, 6.07) is 5.83. The fourth-order valence-corrected chi connectivity index (χ4v) is 2.55. The van der Waals surface area contributed by atoms with E-state index in [1.807, 2.05) is 13.0 Å². The Kier molecular flexibility index (Phi) is 2.47. The Hall–Kier alpha value is -1.01. The molecule has 0 aromatic heterocycles. The van der Waals surface area contributed by atoms with Crippen LogP contribution in [-0.2, 0) is 5.41 Å². The van der Waals surface area contributed by atoms with Crippen LogP contribution in [0.2, 0.25) is 0 Å². The topological polar surface area (TPSA) is 44.0 Å². The molecule has 1 aromatic rings. The maximum atomic E-state index is 9.88. The zero-order chi connectivity index (χ0) is 11.1. The Balaban J connectivity index is 2.62. The molecule has 15 heavy (non-hydrogen) atoms. The SMILES string of the molecule is Cc1c(Br)ccc(O)c1C1(C#N)CCC1. The zero-order valence-electron chi connectivity index (χ0n) is 8.55. The van der Waals surface area contributed by atoms with Gasteiger partial charge in [-0.15, -0.1) is 0 Å². The molecule has 1 fully saturated rings. The normalized spacial score (nSPS) is 17.9. The van der Waals surface area contributed by atoms with Gasteiger partial charge in [0.05, 0.1) is 11.5 Å². The number of nitriles is 1. The van der Waals surface area contributed by atoms with Crippen LogP contribution >= 0.6 is 15.9 Å². The Labute approximate surface area is 97.7 Å². The molecule has 1 saturated carbocycles. The number of nitrogens with zero attached hydrogens (tertiary/aromatic N) is 1. The molecule has 2 rings (SSSR count). The third-order valence-corrected chi connectivity index (χ3v) is 4.14. The number of halogens is 1. The van der Waals surface area contributed by atoms with Crippen molar-refractivity contribution < 1.29 is 5.11 Å². The maximum Gasteiger partial charge on any atom is 0.120 e. The molecule has 78 valence electrons. The number of phenolic OH excluding ortho intramolecular Hbond substituents is 1. The highest BCUT2D eigenvalue weighted by Crippen LogP contribution is 2.48. The molecule has 1 aromatic carbocycles. The summed E-state index contributed by atoms with van der Waals surface area (Å²) in [4.78, 5) is 0. The fourth-order valence-electron chi connectivity index (χ4n) is 2.22. The summed E-state index contributed by atoms with van der Waals surface area (Å²) >= 11 is 3.43. The quantitative estimate of drug-likeness (QED) is 0.846. The molecule has 0 bridgehead atoms. The third-order valence-electron chi connectivity index (χ3n) is 3.28. The van der Waals surface area contributed by atoms with Gasteiger partial charge in [0.1, 0.15) is 5.75 Å². The van der Waals surface area contributed by atoms with Gasteiger partial charge < -0.3 is 5.11 Å². The lowest BCUT2D eigenvalue weighted by molar-refractivity contribution is 0.310. The number of phenols is 1. The average Bonchev–Trinajstić information content (AvgIpc) is 2.16. The molecular formula is C12H12BrNO. The van der Waals surface area contributed by atoms with Gasteiger partial charge in [-0.1, -0.05) is 15.9 Å². The molecule has 0 aliphatic heterocycles. The van der Waals surface area contributed by atoms with E-state index in [-0.39, 0.29) is 5.75 Å². The molecule has 0 spiro atoms. The van der Waals surface area contributed by atoms with E-state index in [1.165, 1.54) is 0 Å². The van der Waals surface area contributed by atoms with Crippen molar-refractivity contribution in [2.24, 2.45) is 0 Å². The lowest BCUT2D eigenvalue weighted by Crippen LogP contribution is -2.33. The van der Waals surface area contributed by atoms with Crippen LogP contribution in [-0.4, -0.2) is 5.11 Å². The van der Waals surface area contributed by atoms with E-state index >= 15 is 0 Å². The van der Waals surface area contributed by atoms with Crippen molar-refractivity contribution in [3.05, 3.63) is 27.7 Å². The summed E-state index contributed by atoms with van der Waals surface area (Å²) in [5, 5.41) is 19.1. The Morgan fingerprint density at radius 2 is 2.13 bits per heavy atom. The first kappa shape index (κ1) is 10.5. The first-order chi connectivity index (χ1) is 7.10. The van der Waals surface area contributed by atoms with E-state index in [9.17, 15) is 10.4 Å². The number of aromatic hydroxyl groups is 1. The minimum Gasteiger partial charge on any atom is -0.508 e. The summed E-state index contributed by atoms with van der Waals surface area (Å²) < 4.78 is 0.955. The van der Waals surface area contributed by atoms with Crippen molar-refractivity contribution in [2.45, 2.75) is 31.6 Å². The molecule has 0 unspecified atom stereocenters. The lowest BCUT2D eigenvalue weighted by Gasteiger charge is -2.37. The van der Waals surface area contributed by atoms with E-state index in [1.54, 1.807) is 6.07 Å². The van der Waals surface area contributed by atoms with Gasteiger partial charge in [-0.3, -0.25) is 0 Å². The van der Waals surface area contributed by atoms with Gasteiger partial charge in [0.25, 0.3) is 0 Å². The fraction of sp³-hybridized carbons (Fsp3) is 0.417. The summed E-state index contributed by atoms with van der Waals surface area (Å²) in [5.74, 6) is 0.247. The van der Waals surface area contributed by atoms with Crippen molar-refractivity contribution >= 4 is 15.9 Å². The molecule has 2 nitrogen and oxygen atoms in total. The van der Waals surface area contributed by atoms with Crippen molar-refractivity contribution in [2.75, 3.05) is 0 Å². The monoisotopic (exact) mass is 265 g/mol. The van der Waals surface area contributed by atoms with E-state index < -0.39 is 5.41 Å². The van der Waals surface area contributed by atoms with Crippen molar-refractivity contribution in [1.82, 2.24) is 0 Å². The summed E-state index contributed by atoms with van der Waals surface area (Å²) in [5.41, 5.74) is 1.35. The molecule has 0 atom stereocenters. The minimum absolute atomic E-state index is 0.247. The highest BCUT2D eigenvalue weighted by molar-refractivity contribution is 9.10. The Bertz CT molecular complexity index is 444. The predicted octanol–water partition coefficient (Wildman–Crippen LogP) is 3.41. The molecular weight excluding hydrogens is 254 g/mol. The van der Waals surface area contributed by atoms with Gasteiger partial charge in [-0.2, -0.15) is 5.26 Å². The van der Waals surface area contributed by atoms with Gasteiger partial charge in [-0.05, 0) is 43.9 Å². The lowest BCUT2D eigenvalue weighted by atomic mass is 9.64. The second-order valence-corrected chi connectivity index (χ2v) is 4.97. The zero-order valence-corrected chi connectivity index (χ0v) is 10.1. The molecule has 0 radical (unpaired) electrons. The molecule has 1 aliphatic carbocycles. The number of hydrogen-bond acceptors (Lipinski definition) is 2.